The highest BCUT2D eigenvalue weighted by Gasteiger charge is 2.16. The molecule has 142 valence electrons. The molecule has 0 saturated heterocycles. The maximum atomic E-state index is 13.1. The second kappa shape index (κ2) is 7.18. The van der Waals surface area contributed by atoms with Gasteiger partial charge in [0.2, 0.25) is 5.89 Å². The van der Waals surface area contributed by atoms with Crippen LogP contribution in [-0.4, -0.2) is 32.1 Å². The zero-order valence-corrected chi connectivity index (χ0v) is 14.7. The van der Waals surface area contributed by atoms with Crippen molar-refractivity contribution in [2.45, 2.75) is 13.5 Å². The summed E-state index contributed by atoms with van der Waals surface area (Å²) >= 11 is 0. The standard InChI is InChI=1S/C19H14F2N4O3/c1-2-27-18(26)14-8-12(5-6-23-14)17-24-13-7-11(3-4-16(13)28-17)15-9-22-10-25(15)19(20)21/h3-10,19H,2H2,1H3. The van der Waals surface area contributed by atoms with E-state index >= 15 is 0 Å². The molecule has 7 nitrogen and oxygen atoms in total. The minimum Gasteiger partial charge on any atom is -0.461 e. The van der Waals surface area contributed by atoms with E-state index in [0.717, 1.165) is 10.9 Å². The highest BCUT2D eigenvalue weighted by Crippen LogP contribution is 2.30. The molecule has 0 N–H and O–H groups in total. The normalized spacial score (nSPS) is 11.3. The summed E-state index contributed by atoms with van der Waals surface area (Å²) in [5.74, 6) is -0.259. The fourth-order valence-electron chi connectivity index (χ4n) is 2.77. The lowest BCUT2D eigenvalue weighted by Crippen LogP contribution is -2.06. The van der Waals surface area contributed by atoms with E-state index in [1.165, 1.54) is 18.5 Å². The third-order valence-electron chi connectivity index (χ3n) is 4.05. The molecular formula is C19H14F2N4O3. The number of alkyl halides is 2. The molecule has 0 spiro atoms. The van der Waals surface area contributed by atoms with Crippen LogP contribution in [0, 0.1) is 0 Å². The van der Waals surface area contributed by atoms with Crippen molar-refractivity contribution in [2.75, 3.05) is 6.61 Å². The number of oxazole rings is 1. The van der Waals surface area contributed by atoms with E-state index in [-0.39, 0.29) is 23.9 Å². The minimum atomic E-state index is -2.70. The van der Waals surface area contributed by atoms with E-state index in [0.29, 0.717) is 22.2 Å². The first-order chi connectivity index (χ1) is 13.6. The quantitative estimate of drug-likeness (QED) is 0.477. The molecule has 0 unspecified atom stereocenters. The molecule has 0 aliphatic rings. The Kier molecular flexibility index (Phi) is 4.56. The van der Waals surface area contributed by atoms with Crippen LogP contribution in [0.15, 0.2) is 53.5 Å². The molecule has 0 aliphatic carbocycles. The van der Waals surface area contributed by atoms with Gasteiger partial charge in [0.25, 0.3) is 0 Å². The summed E-state index contributed by atoms with van der Waals surface area (Å²) in [4.78, 5) is 24.0. The topological polar surface area (TPSA) is 83.0 Å². The van der Waals surface area contributed by atoms with E-state index in [1.54, 1.807) is 31.2 Å². The summed E-state index contributed by atoms with van der Waals surface area (Å²) < 4.78 is 37.6. The van der Waals surface area contributed by atoms with Crippen LogP contribution in [0.4, 0.5) is 8.78 Å². The number of nitrogens with zero attached hydrogens (tertiary/aromatic N) is 4. The van der Waals surface area contributed by atoms with E-state index in [9.17, 15) is 13.6 Å². The number of aromatic nitrogens is 4. The van der Waals surface area contributed by atoms with Crippen molar-refractivity contribution < 1.29 is 22.7 Å². The maximum Gasteiger partial charge on any atom is 0.356 e. The number of pyridine rings is 1. The monoisotopic (exact) mass is 384 g/mol. The van der Waals surface area contributed by atoms with Crippen LogP contribution < -0.4 is 0 Å². The van der Waals surface area contributed by atoms with Crippen LogP contribution in [-0.2, 0) is 4.74 Å². The van der Waals surface area contributed by atoms with Gasteiger partial charge in [-0.15, -0.1) is 0 Å². The van der Waals surface area contributed by atoms with Crippen LogP contribution in [0.2, 0.25) is 0 Å². The molecule has 0 atom stereocenters. The summed E-state index contributed by atoms with van der Waals surface area (Å²) in [7, 11) is 0. The Balaban J connectivity index is 1.72. The van der Waals surface area contributed by atoms with Crippen molar-refractivity contribution in [3.05, 3.63) is 54.7 Å². The zero-order valence-electron chi connectivity index (χ0n) is 14.7. The van der Waals surface area contributed by atoms with Gasteiger partial charge in [-0.05, 0) is 37.3 Å². The largest absolute Gasteiger partial charge is 0.461 e. The maximum absolute atomic E-state index is 13.1. The third kappa shape index (κ3) is 3.22. The first-order valence-electron chi connectivity index (χ1n) is 8.41. The van der Waals surface area contributed by atoms with Gasteiger partial charge in [-0.25, -0.2) is 19.7 Å². The molecule has 0 saturated carbocycles. The van der Waals surface area contributed by atoms with Crippen LogP contribution in [0.3, 0.4) is 0 Å². The average Bonchev–Trinajstić information content (AvgIpc) is 3.34. The first kappa shape index (κ1) is 17.8. The number of carbonyl (C=O) groups is 1. The summed E-state index contributed by atoms with van der Waals surface area (Å²) in [5, 5.41) is 0. The molecule has 4 aromatic rings. The second-order valence-corrected chi connectivity index (χ2v) is 5.82. The Labute approximate surface area is 157 Å². The Hall–Kier alpha value is -3.62. The lowest BCUT2D eigenvalue weighted by Gasteiger charge is -2.06. The molecule has 0 bridgehead atoms. The molecule has 1 aromatic carbocycles. The van der Waals surface area contributed by atoms with Gasteiger partial charge in [-0.2, -0.15) is 8.78 Å². The van der Waals surface area contributed by atoms with E-state index in [2.05, 4.69) is 15.0 Å². The highest BCUT2D eigenvalue weighted by molar-refractivity contribution is 5.89. The number of imidazole rings is 1. The second-order valence-electron chi connectivity index (χ2n) is 5.82. The van der Waals surface area contributed by atoms with Crippen LogP contribution in [0.25, 0.3) is 33.8 Å². The zero-order chi connectivity index (χ0) is 19.7. The van der Waals surface area contributed by atoms with Gasteiger partial charge < -0.3 is 9.15 Å². The Bertz CT molecular complexity index is 1150. The fourth-order valence-corrected chi connectivity index (χ4v) is 2.77. The minimum absolute atomic E-state index is 0.142. The fraction of sp³-hybridized carbons (Fsp3) is 0.158. The Morgan fingerprint density at radius 1 is 1.25 bits per heavy atom. The van der Waals surface area contributed by atoms with Crippen LogP contribution in [0.5, 0.6) is 0 Å². The summed E-state index contributed by atoms with van der Waals surface area (Å²) in [5.41, 5.74) is 2.47. The number of hydrogen-bond donors (Lipinski definition) is 0. The van der Waals surface area contributed by atoms with Gasteiger partial charge in [0.05, 0.1) is 24.8 Å². The Morgan fingerprint density at radius 3 is 2.89 bits per heavy atom. The number of ether oxygens (including phenoxy) is 1. The molecule has 3 heterocycles. The summed E-state index contributed by atoms with van der Waals surface area (Å²) in [6.45, 7) is -0.745. The molecule has 0 amide bonds. The lowest BCUT2D eigenvalue weighted by atomic mass is 10.1. The SMILES string of the molecule is CCOC(=O)c1cc(-c2nc3cc(-c4cncn4C(F)F)ccc3o2)ccn1. The van der Waals surface area contributed by atoms with Crippen molar-refractivity contribution in [3.8, 4) is 22.7 Å². The molecule has 3 aromatic heterocycles. The van der Waals surface area contributed by atoms with Crippen molar-refractivity contribution >= 4 is 17.1 Å². The number of halogens is 2. The summed E-state index contributed by atoms with van der Waals surface area (Å²) in [6, 6.07) is 8.13. The van der Waals surface area contributed by atoms with Crippen LogP contribution in [0.1, 0.15) is 24.0 Å². The molecule has 0 aliphatic heterocycles. The van der Waals surface area contributed by atoms with Gasteiger partial charge >= 0.3 is 12.5 Å². The summed E-state index contributed by atoms with van der Waals surface area (Å²) in [6.07, 6.45) is 3.90. The van der Waals surface area contributed by atoms with E-state index in [4.69, 9.17) is 9.15 Å². The van der Waals surface area contributed by atoms with E-state index in [1.807, 2.05) is 0 Å². The smallest absolute Gasteiger partial charge is 0.356 e. The van der Waals surface area contributed by atoms with Crippen LogP contribution >= 0.6 is 0 Å². The third-order valence-corrected chi connectivity index (χ3v) is 4.05. The highest BCUT2D eigenvalue weighted by atomic mass is 19.3. The van der Waals surface area contributed by atoms with Crippen molar-refractivity contribution in [1.82, 2.24) is 19.5 Å². The molecular weight excluding hydrogens is 370 g/mol. The van der Waals surface area contributed by atoms with Gasteiger partial charge in [0.1, 0.15) is 11.2 Å². The van der Waals surface area contributed by atoms with Gasteiger partial charge in [0, 0.05) is 17.3 Å². The number of carbonyl (C=O) groups excluding carboxylic acids is 1. The van der Waals surface area contributed by atoms with Crippen molar-refractivity contribution in [1.29, 1.82) is 0 Å². The van der Waals surface area contributed by atoms with E-state index < -0.39 is 12.5 Å². The first-order valence-corrected chi connectivity index (χ1v) is 8.41. The predicted octanol–water partition coefficient (Wildman–Crippen LogP) is 4.33. The number of hydrogen-bond acceptors (Lipinski definition) is 6. The number of fused-ring (bicyclic) bond motifs is 1. The average molecular weight is 384 g/mol. The Morgan fingerprint density at radius 2 is 2.11 bits per heavy atom. The molecule has 0 radical (unpaired) electrons. The lowest BCUT2D eigenvalue weighted by molar-refractivity contribution is 0.0519. The number of benzene rings is 1. The van der Waals surface area contributed by atoms with Gasteiger partial charge in [-0.1, -0.05) is 0 Å². The number of esters is 1. The molecule has 4 rings (SSSR count). The van der Waals surface area contributed by atoms with Crippen molar-refractivity contribution in [2.24, 2.45) is 0 Å². The van der Waals surface area contributed by atoms with Gasteiger partial charge in [-0.3, -0.25) is 4.57 Å². The molecule has 0 fully saturated rings. The number of rotatable bonds is 5. The molecule has 9 heteroatoms. The van der Waals surface area contributed by atoms with Crippen molar-refractivity contribution in [3.63, 3.8) is 0 Å². The molecule has 28 heavy (non-hydrogen) atoms. The predicted molar refractivity (Wildman–Crippen MR) is 95.7 cm³/mol. The van der Waals surface area contributed by atoms with Gasteiger partial charge in [0.15, 0.2) is 5.58 Å².